The second-order valence-corrected chi connectivity index (χ2v) is 3.16. The molecular weight excluding hydrogens is 176 g/mol. The summed E-state index contributed by atoms with van der Waals surface area (Å²) in [5.41, 5.74) is 2.16. The van der Waals surface area contributed by atoms with Crippen molar-refractivity contribution < 1.29 is 9.78 Å². The minimum absolute atomic E-state index is 0.770. The normalized spacial score (nSPS) is 12.0. The zero-order valence-electron chi connectivity index (χ0n) is 7.44. The van der Waals surface area contributed by atoms with Gasteiger partial charge in [0.05, 0.1) is 0 Å². The Morgan fingerprint density at radius 2 is 1.00 bits per heavy atom. The summed E-state index contributed by atoms with van der Waals surface area (Å²) in [7, 11) is 0. The van der Waals surface area contributed by atoms with Crippen LogP contribution in [0.3, 0.4) is 0 Å². The van der Waals surface area contributed by atoms with Crippen molar-refractivity contribution in [3.63, 3.8) is 0 Å². The highest BCUT2D eigenvalue weighted by Gasteiger charge is 2.17. The molecule has 0 saturated carbocycles. The topological polar surface area (TPSA) is 18.5 Å². The number of fused-ring (bicyclic) bond motifs is 3. The first-order chi connectivity index (χ1) is 6.95. The Balaban J connectivity index is 2.29. The summed E-state index contributed by atoms with van der Waals surface area (Å²) in [6, 6.07) is 15.7. The summed E-state index contributed by atoms with van der Waals surface area (Å²) in [6.07, 6.45) is 0. The Labute approximate surface area is 81.6 Å². The van der Waals surface area contributed by atoms with Crippen LogP contribution in [0.2, 0.25) is 0 Å². The van der Waals surface area contributed by atoms with Gasteiger partial charge in [0.2, 0.25) is 0 Å². The number of hydrogen-bond acceptors (Lipinski definition) is 2. The number of para-hydroxylation sites is 2. The molecule has 0 spiro atoms. The average molecular weight is 184 g/mol. The van der Waals surface area contributed by atoms with Crippen LogP contribution in [0.4, 0.5) is 0 Å². The maximum Gasteiger partial charge on any atom is 0.186 e. The standard InChI is InChI=1S/C12H8O2/c1-3-7-11-9(5-1)10-6-2-4-8-12(10)14-13-11/h1-8H. The van der Waals surface area contributed by atoms with Crippen molar-refractivity contribution in [3.8, 4) is 22.6 Å². The molecule has 0 fully saturated rings. The van der Waals surface area contributed by atoms with Gasteiger partial charge in [-0.2, -0.15) is 0 Å². The van der Waals surface area contributed by atoms with Gasteiger partial charge in [0.25, 0.3) is 0 Å². The monoisotopic (exact) mass is 184 g/mol. The molecule has 0 radical (unpaired) electrons. The Bertz CT molecular complexity index is 432. The van der Waals surface area contributed by atoms with E-state index in [-0.39, 0.29) is 0 Å². The molecule has 0 atom stereocenters. The van der Waals surface area contributed by atoms with Crippen molar-refractivity contribution in [1.82, 2.24) is 0 Å². The van der Waals surface area contributed by atoms with Crippen LogP contribution in [0, 0.1) is 0 Å². The van der Waals surface area contributed by atoms with Crippen molar-refractivity contribution in [2.45, 2.75) is 0 Å². The van der Waals surface area contributed by atoms with E-state index in [9.17, 15) is 0 Å². The Hall–Kier alpha value is -1.96. The fourth-order valence-corrected chi connectivity index (χ4v) is 1.61. The van der Waals surface area contributed by atoms with Crippen LogP contribution in [0.1, 0.15) is 0 Å². The van der Waals surface area contributed by atoms with Gasteiger partial charge in [-0.15, -0.1) is 0 Å². The summed E-state index contributed by atoms with van der Waals surface area (Å²) < 4.78 is 0. The smallest absolute Gasteiger partial charge is 0.186 e. The van der Waals surface area contributed by atoms with Crippen molar-refractivity contribution in [2.75, 3.05) is 0 Å². The highest BCUT2D eigenvalue weighted by molar-refractivity contribution is 5.76. The lowest BCUT2D eigenvalue weighted by atomic mass is 10.0. The van der Waals surface area contributed by atoms with E-state index in [2.05, 4.69) is 0 Å². The fraction of sp³-hybridized carbons (Fsp3) is 0. The van der Waals surface area contributed by atoms with Gasteiger partial charge in [-0.1, -0.05) is 36.4 Å². The van der Waals surface area contributed by atoms with Crippen molar-refractivity contribution >= 4 is 0 Å². The summed E-state index contributed by atoms with van der Waals surface area (Å²) in [4.78, 5) is 10.3. The summed E-state index contributed by atoms with van der Waals surface area (Å²) in [5, 5.41) is 0. The second kappa shape index (κ2) is 2.77. The number of benzene rings is 2. The van der Waals surface area contributed by atoms with Crippen LogP contribution in [-0.4, -0.2) is 0 Å². The lowest BCUT2D eigenvalue weighted by Crippen LogP contribution is -2.07. The lowest BCUT2D eigenvalue weighted by Gasteiger charge is -2.18. The Kier molecular flexibility index (Phi) is 1.47. The first kappa shape index (κ1) is 7.44. The van der Waals surface area contributed by atoms with Crippen LogP contribution in [0.5, 0.6) is 11.5 Å². The van der Waals surface area contributed by atoms with Crippen LogP contribution in [-0.2, 0) is 0 Å². The largest absolute Gasteiger partial charge is 0.289 e. The second-order valence-electron chi connectivity index (χ2n) is 3.16. The highest BCUT2D eigenvalue weighted by Crippen LogP contribution is 2.39. The van der Waals surface area contributed by atoms with E-state index in [1.807, 2.05) is 48.5 Å². The Morgan fingerprint density at radius 3 is 1.50 bits per heavy atom. The third-order valence-electron chi connectivity index (χ3n) is 2.29. The molecule has 0 amide bonds. The summed E-state index contributed by atoms with van der Waals surface area (Å²) >= 11 is 0. The molecule has 0 saturated heterocycles. The van der Waals surface area contributed by atoms with E-state index in [0.29, 0.717) is 0 Å². The number of hydrogen-bond donors (Lipinski definition) is 0. The fourth-order valence-electron chi connectivity index (χ4n) is 1.61. The molecule has 2 nitrogen and oxygen atoms in total. The molecule has 2 aromatic carbocycles. The quantitative estimate of drug-likeness (QED) is 0.586. The van der Waals surface area contributed by atoms with Gasteiger partial charge < -0.3 is 0 Å². The SMILES string of the molecule is c1ccc2c(c1)OOc1ccccc1-2. The molecule has 3 rings (SSSR count). The molecule has 2 aromatic rings. The van der Waals surface area contributed by atoms with Gasteiger partial charge in [0, 0.05) is 11.1 Å². The van der Waals surface area contributed by atoms with E-state index in [0.717, 1.165) is 22.6 Å². The van der Waals surface area contributed by atoms with Gasteiger partial charge >= 0.3 is 0 Å². The third-order valence-corrected chi connectivity index (χ3v) is 2.29. The third kappa shape index (κ3) is 0.973. The average Bonchev–Trinajstić information content (AvgIpc) is 2.29. The minimum Gasteiger partial charge on any atom is -0.289 e. The van der Waals surface area contributed by atoms with Crippen molar-refractivity contribution in [3.05, 3.63) is 48.5 Å². The van der Waals surface area contributed by atoms with Gasteiger partial charge in [0.15, 0.2) is 11.5 Å². The molecule has 1 aliphatic heterocycles. The van der Waals surface area contributed by atoms with E-state index in [1.54, 1.807) is 0 Å². The van der Waals surface area contributed by atoms with Gasteiger partial charge in [-0.25, -0.2) is 0 Å². The predicted molar refractivity (Wildman–Crippen MR) is 53.1 cm³/mol. The summed E-state index contributed by atoms with van der Waals surface area (Å²) in [6.45, 7) is 0. The highest BCUT2D eigenvalue weighted by atomic mass is 17.2. The molecule has 0 unspecified atom stereocenters. The summed E-state index contributed by atoms with van der Waals surface area (Å²) in [5.74, 6) is 1.54. The van der Waals surface area contributed by atoms with Crippen molar-refractivity contribution in [1.29, 1.82) is 0 Å². The zero-order valence-corrected chi connectivity index (χ0v) is 7.44. The van der Waals surface area contributed by atoms with E-state index in [4.69, 9.17) is 9.78 Å². The minimum atomic E-state index is 0.770. The van der Waals surface area contributed by atoms with E-state index in [1.165, 1.54) is 0 Å². The van der Waals surface area contributed by atoms with Crippen LogP contribution >= 0.6 is 0 Å². The molecule has 1 aliphatic rings. The van der Waals surface area contributed by atoms with Crippen LogP contribution in [0.15, 0.2) is 48.5 Å². The van der Waals surface area contributed by atoms with E-state index >= 15 is 0 Å². The zero-order chi connectivity index (χ0) is 9.38. The van der Waals surface area contributed by atoms with Crippen LogP contribution < -0.4 is 9.78 Å². The molecule has 1 heterocycles. The maximum absolute atomic E-state index is 5.15. The number of rotatable bonds is 0. The molecule has 14 heavy (non-hydrogen) atoms. The lowest BCUT2D eigenvalue weighted by molar-refractivity contribution is -0.102. The molecule has 2 heteroatoms. The Morgan fingerprint density at radius 1 is 0.571 bits per heavy atom. The first-order valence-electron chi connectivity index (χ1n) is 4.48. The van der Waals surface area contributed by atoms with E-state index < -0.39 is 0 Å². The molecule has 0 aromatic heterocycles. The van der Waals surface area contributed by atoms with Crippen molar-refractivity contribution in [2.24, 2.45) is 0 Å². The van der Waals surface area contributed by atoms with Crippen LogP contribution in [0.25, 0.3) is 11.1 Å². The molecule has 0 bridgehead atoms. The maximum atomic E-state index is 5.15. The first-order valence-corrected chi connectivity index (χ1v) is 4.48. The molecule has 68 valence electrons. The van der Waals surface area contributed by atoms with Gasteiger partial charge in [0.1, 0.15) is 0 Å². The van der Waals surface area contributed by atoms with Gasteiger partial charge in [-0.05, 0) is 12.1 Å². The molecule has 0 N–H and O–H groups in total. The van der Waals surface area contributed by atoms with Gasteiger partial charge in [-0.3, -0.25) is 9.78 Å². The predicted octanol–water partition coefficient (Wildman–Crippen LogP) is 3.04. The molecular formula is C12H8O2. The molecule has 0 aliphatic carbocycles.